The zero-order chi connectivity index (χ0) is 13.7. The van der Waals surface area contributed by atoms with Crippen molar-refractivity contribution in [3.05, 3.63) is 23.9 Å². The second-order valence-corrected chi connectivity index (χ2v) is 4.97. The molecule has 1 aliphatic carbocycles. The van der Waals surface area contributed by atoms with E-state index in [1.807, 2.05) is 0 Å². The first-order valence-corrected chi connectivity index (χ1v) is 6.64. The number of pyridine rings is 1. The molecule has 1 amide bonds. The van der Waals surface area contributed by atoms with Crippen molar-refractivity contribution in [2.24, 2.45) is 5.92 Å². The number of aromatic nitrogens is 1. The van der Waals surface area contributed by atoms with Crippen LogP contribution in [0.15, 0.2) is 18.3 Å². The van der Waals surface area contributed by atoms with E-state index in [1.165, 1.54) is 44.0 Å². The number of hydrogen-bond acceptors (Lipinski definition) is 3. The molecule has 19 heavy (non-hydrogen) atoms. The summed E-state index contributed by atoms with van der Waals surface area (Å²) in [6.45, 7) is 0. The summed E-state index contributed by atoms with van der Waals surface area (Å²) in [5, 5.41) is 11.4. The number of anilines is 1. The molecule has 5 nitrogen and oxygen atoms in total. The Morgan fingerprint density at radius 1 is 1.32 bits per heavy atom. The van der Waals surface area contributed by atoms with Gasteiger partial charge in [-0.25, -0.2) is 9.78 Å². The van der Waals surface area contributed by atoms with E-state index in [4.69, 9.17) is 5.11 Å². The van der Waals surface area contributed by atoms with Crippen LogP contribution in [0.2, 0.25) is 0 Å². The van der Waals surface area contributed by atoms with Crippen LogP contribution in [0.1, 0.15) is 48.9 Å². The molecule has 1 aliphatic rings. The van der Waals surface area contributed by atoms with Gasteiger partial charge in [0.1, 0.15) is 5.82 Å². The standard InChI is InChI=1S/C14H18N2O3/c17-13(8-5-10-3-1-2-4-10)16-12-7-6-11(9-15-12)14(18)19/h6-7,9-10H,1-5,8H2,(H,18,19)(H,15,16,17). The minimum Gasteiger partial charge on any atom is -0.478 e. The summed E-state index contributed by atoms with van der Waals surface area (Å²) in [7, 11) is 0. The lowest BCUT2D eigenvalue weighted by molar-refractivity contribution is -0.116. The van der Waals surface area contributed by atoms with Crippen molar-refractivity contribution in [2.75, 3.05) is 5.32 Å². The molecule has 0 aromatic carbocycles. The highest BCUT2D eigenvalue weighted by Crippen LogP contribution is 2.28. The van der Waals surface area contributed by atoms with Gasteiger partial charge >= 0.3 is 5.97 Å². The van der Waals surface area contributed by atoms with Crippen molar-refractivity contribution in [2.45, 2.75) is 38.5 Å². The first-order valence-electron chi connectivity index (χ1n) is 6.64. The Labute approximate surface area is 112 Å². The third kappa shape index (κ3) is 4.05. The second kappa shape index (κ2) is 6.31. The van der Waals surface area contributed by atoms with E-state index in [2.05, 4.69) is 10.3 Å². The largest absolute Gasteiger partial charge is 0.478 e. The highest BCUT2D eigenvalue weighted by atomic mass is 16.4. The van der Waals surface area contributed by atoms with Gasteiger partial charge in [0, 0.05) is 12.6 Å². The zero-order valence-corrected chi connectivity index (χ0v) is 10.8. The fourth-order valence-electron chi connectivity index (χ4n) is 2.43. The molecule has 1 heterocycles. The van der Waals surface area contributed by atoms with Crippen LogP contribution >= 0.6 is 0 Å². The molecule has 1 saturated carbocycles. The van der Waals surface area contributed by atoms with Gasteiger partial charge < -0.3 is 10.4 Å². The molecule has 0 unspecified atom stereocenters. The Hall–Kier alpha value is -1.91. The van der Waals surface area contributed by atoms with E-state index in [9.17, 15) is 9.59 Å². The maximum Gasteiger partial charge on any atom is 0.337 e. The van der Waals surface area contributed by atoms with Gasteiger partial charge in [0.2, 0.25) is 5.91 Å². The molecule has 5 heteroatoms. The van der Waals surface area contributed by atoms with Crippen LogP contribution < -0.4 is 5.32 Å². The van der Waals surface area contributed by atoms with Gasteiger partial charge in [-0.2, -0.15) is 0 Å². The number of hydrogen-bond donors (Lipinski definition) is 2. The van der Waals surface area contributed by atoms with Gasteiger partial charge in [0.25, 0.3) is 0 Å². The number of nitrogens with one attached hydrogen (secondary N) is 1. The van der Waals surface area contributed by atoms with Gasteiger partial charge in [-0.05, 0) is 24.5 Å². The highest BCUT2D eigenvalue weighted by molar-refractivity contribution is 5.91. The molecule has 1 fully saturated rings. The molecule has 0 bridgehead atoms. The SMILES string of the molecule is O=C(CCC1CCCC1)Nc1ccc(C(=O)O)cn1. The molecule has 0 atom stereocenters. The van der Waals surface area contributed by atoms with Crippen LogP contribution in [0, 0.1) is 5.92 Å². The fraction of sp³-hybridized carbons (Fsp3) is 0.500. The van der Waals surface area contributed by atoms with E-state index in [0.717, 1.165) is 6.42 Å². The Morgan fingerprint density at radius 3 is 2.63 bits per heavy atom. The number of carboxylic acid groups (broad SMARTS) is 1. The third-order valence-corrected chi connectivity index (χ3v) is 3.53. The minimum atomic E-state index is -1.02. The molecule has 0 radical (unpaired) electrons. The number of nitrogens with zero attached hydrogens (tertiary/aromatic N) is 1. The van der Waals surface area contributed by atoms with Crippen LogP contribution in [0.25, 0.3) is 0 Å². The Bertz CT molecular complexity index is 450. The normalized spacial score (nSPS) is 15.4. The third-order valence-electron chi connectivity index (χ3n) is 3.53. The zero-order valence-electron chi connectivity index (χ0n) is 10.8. The van der Waals surface area contributed by atoms with Gasteiger partial charge in [-0.15, -0.1) is 0 Å². The van der Waals surface area contributed by atoms with Crippen molar-refractivity contribution in [1.82, 2.24) is 4.98 Å². The molecule has 1 aromatic heterocycles. The molecule has 0 aliphatic heterocycles. The number of carboxylic acids is 1. The summed E-state index contributed by atoms with van der Waals surface area (Å²) < 4.78 is 0. The topological polar surface area (TPSA) is 79.3 Å². The van der Waals surface area contributed by atoms with Crippen LogP contribution in [0.5, 0.6) is 0 Å². The Morgan fingerprint density at radius 2 is 2.05 bits per heavy atom. The van der Waals surface area contributed by atoms with E-state index in [0.29, 0.717) is 18.2 Å². The lowest BCUT2D eigenvalue weighted by atomic mass is 10.0. The average molecular weight is 262 g/mol. The summed E-state index contributed by atoms with van der Waals surface area (Å²) in [6, 6.07) is 2.94. The number of carbonyl (C=O) groups excluding carboxylic acids is 1. The van der Waals surface area contributed by atoms with Gasteiger partial charge in [0.15, 0.2) is 0 Å². The lowest BCUT2D eigenvalue weighted by Gasteiger charge is -2.08. The number of rotatable bonds is 5. The predicted octanol–water partition coefficient (Wildman–Crippen LogP) is 2.69. The highest BCUT2D eigenvalue weighted by Gasteiger charge is 2.16. The van der Waals surface area contributed by atoms with E-state index in [1.54, 1.807) is 0 Å². The number of carbonyl (C=O) groups is 2. The lowest BCUT2D eigenvalue weighted by Crippen LogP contribution is -2.14. The van der Waals surface area contributed by atoms with Crippen molar-refractivity contribution < 1.29 is 14.7 Å². The van der Waals surface area contributed by atoms with Crippen molar-refractivity contribution in [3.63, 3.8) is 0 Å². The van der Waals surface area contributed by atoms with E-state index < -0.39 is 5.97 Å². The minimum absolute atomic E-state index is 0.0533. The average Bonchev–Trinajstić information content (AvgIpc) is 2.90. The second-order valence-electron chi connectivity index (χ2n) is 4.97. The molecule has 1 aromatic rings. The number of aromatic carboxylic acids is 1. The fourth-order valence-corrected chi connectivity index (χ4v) is 2.43. The van der Waals surface area contributed by atoms with Gasteiger partial charge in [-0.1, -0.05) is 25.7 Å². The van der Waals surface area contributed by atoms with Gasteiger partial charge in [-0.3, -0.25) is 4.79 Å². The van der Waals surface area contributed by atoms with Crippen molar-refractivity contribution >= 4 is 17.7 Å². The van der Waals surface area contributed by atoms with Crippen LogP contribution in [0.4, 0.5) is 5.82 Å². The summed E-state index contributed by atoms with van der Waals surface area (Å²) in [4.78, 5) is 26.3. The first kappa shape index (κ1) is 13.5. The maximum absolute atomic E-state index is 11.7. The Balaban J connectivity index is 1.79. The molecule has 0 saturated heterocycles. The molecule has 102 valence electrons. The van der Waals surface area contributed by atoms with Crippen molar-refractivity contribution in [1.29, 1.82) is 0 Å². The number of amides is 1. The van der Waals surface area contributed by atoms with Crippen molar-refractivity contribution in [3.8, 4) is 0 Å². The molecular formula is C14H18N2O3. The van der Waals surface area contributed by atoms with Gasteiger partial charge in [0.05, 0.1) is 5.56 Å². The molecule has 0 spiro atoms. The Kier molecular flexibility index (Phi) is 4.49. The molecular weight excluding hydrogens is 244 g/mol. The predicted molar refractivity (Wildman–Crippen MR) is 71.0 cm³/mol. The van der Waals surface area contributed by atoms with E-state index >= 15 is 0 Å². The monoisotopic (exact) mass is 262 g/mol. The smallest absolute Gasteiger partial charge is 0.337 e. The quantitative estimate of drug-likeness (QED) is 0.855. The molecule has 2 rings (SSSR count). The van der Waals surface area contributed by atoms with Crippen LogP contribution in [-0.2, 0) is 4.79 Å². The summed E-state index contributed by atoms with van der Waals surface area (Å²) in [5.74, 6) is 0.0172. The van der Waals surface area contributed by atoms with Crippen LogP contribution in [0.3, 0.4) is 0 Å². The maximum atomic E-state index is 11.7. The summed E-state index contributed by atoms with van der Waals surface area (Å²) in [5.41, 5.74) is 0.115. The van der Waals surface area contributed by atoms with Crippen LogP contribution in [-0.4, -0.2) is 22.0 Å². The first-order chi connectivity index (χ1) is 9.15. The summed E-state index contributed by atoms with van der Waals surface area (Å²) in [6.07, 6.45) is 7.72. The summed E-state index contributed by atoms with van der Waals surface area (Å²) >= 11 is 0. The molecule has 2 N–H and O–H groups in total. The van der Waals surface area contributed by atoms with E-state index in [-0.39, 0.29) is 11.5 Å².